The zero-order valence-electron chi connectivity index (χ0n) is 8.92. The first-order chi connectivity index (χ1) is 8.41. The molecule has 18 heavy (non-hydrogen) atoms. The number of hydrogen-bond donors (Lipinski definition) is 2. The molecule has 0 aliphatic heterocycles. The van der Waals surface area contributed by atoms with Crippen LogP contribution in [0, 0.1) is 4.77 Å². The molecule has 0 fully saturated rings. The van der Waals surface area contributed by atoms with Crippen LogP contribution in [0.1, 0.15) is 0 Å². The average Bonchev–Trinajstić information content (AvgIpc) is 2.29. The van der Waals surface area contributed by atoms with Crippen LogP contribution in [0.3, 0.4) is 0 Å². The van der Waals surface area contributed by atoms with Crippen molar-refractivity contribution in [3.05, 3.63) is 40.3 Å². The second-order valence-electron chi connectivity index (χ2n) is 3.42. The lowest BCUT2D eigenvalue weighted by Crippen LogP contribution is -2.08. The highest BCUT2D eigenvalue weighted by Crippen LogP contribution is 2.24. The van der Waals surface area contributed by atoms with Crippen LogP contribution >= 0.6 is 23.8 Å². The summed E-state index contributed by atoms with van der Waals surface area (Å²) >= 11 is 10.5. The van der Waals surface area contributed by atoms with E-state index >= 15 is 0 Å². The summed E-state index contributed by atoms with van der Waals surface area (Å²) in [6.07, 6.45) is 1.14. The molecule has 0 radical (unpaired) electrons. The van der Waals surface area contributed by atoms with E-state index in [4.69, 9.17) is 29.6 Å². The Labute approximate surface area is 114 Å². The Hall–Kier alpha value is -1.44. The number of benzene rings is 1. The van der Waals surface area contributed by atoms with Crippen molar-refractivity contribution in [2.75, 3.05) is 5.73 Å². The Balaban J connectivity index is 2.61. The highest BCUT2D eigenvalue weighted by molar-refractivity contribution is 7.91. The number of aromatic amines is 1. The van der Waals surface area contributed by atoms with Gasteiger partial charge in [-0.1, -0.05) is 11.6 Å². The second kappa shape index (κ2) is 4.68. The number of halogens is 1. The summed E-state index contributed by atoms with van der Waals surface area (Å²) in [7, 11) is -3.73. The van der Waals surface area contributed by atoms with E-state index in [1.54, 1.807) is 0 Å². The average molecular weight is 302 g/mol. The van der Waals surface area contributed by atoms with Crippen LogP contribution in [0.4, 0.5) is 5.82 Å². The van der Waals surface area contributed by atoms with Gasteiger partial charge in [-0.15, -0.1) is 0 Å². The molecule has 0 aliphatic carbocycles. The lowest BCUT2D eigenvalue weighted by Gasteiger charge is -2.06. The molecule has 1 aromatic carbocycles. The summed E-state index contributed by atoms with van der Waals surface area (Å²) in [5.74, 6) is -0.0371. The first-order valence-electron chi connectivity index (χ1n) is 4.77. The number of H-pyrrole nitrogens is 1. The fraction of sp³-hybridized carbons (Fsp3) is 0. The Kier molecular flexibility index (Phi) is 3.38. The van der Waals surface area contributed by atoms with Crippen molar-refractivity contribution in [1.29, 1.82) is 0 Å². The molecule has 8 heteroatoms. The third kappa shape index (κ3) is 2.38. The maximum absolute atomic E-state index is 12.3. The van der Waals surface area contributed by atoms with Crippen LogP contribution in [0.2, 0.25) is 5.02 Å². The number of rotatable bonds is 2. The van der Waals surface area contributed by atoms with Crippen LogP contribution in [-0.4, -0.2) is 18.4 Å². The second-order valence-corrected chi connectivity index (χ2v) is 6.16. The molecule has 0 aliphatic rings. The highest BCUT2D eigenvalue weighted by Gasteiger charge is 2.21. The smallest absolute Gasteiger partial charge is 0.211 e. The predicted octanol–water partition coefficient (Wildman–Crippen LogP) is 2.21. The monoisotopic (exact) mass is 301 g/mol. The van der Waals surface area contributed by atoms with Crippen LogP contribution in [-0.2, 0) is 9.84 Å². The number of sulfone groups is 1. The molecule has 0 saturated heterocycles. The van der Waals surface area contributed by atoms with Gasteiger partial charge in [-0.05, 0) is 36.5 Å². The molecule has 0 saturated carbocycles. The van der Waals surface area contributed by atoms with Gasteiger partial charge in [0.2, 0.25) is 9.84 Å². The Morgan fingerprint density at radius 1 is 1.28 bits per heavy atom. The van der Waals surface area contributed by atoms with Crippen LogP contribution in [0.5, 0.6) is 0 Å². The number of nitrogens with one attached hydrogen (secondary N) is 1. The highest BCUT2D eigenvalue weighted by atomic mass is 35.5. The largest absolute Gasteiger partial charge is 0.384 e. The van der Waals surface area contributed by atoms with Gasteiger partial charge in [0.1, 0.15) is 10.7 Å². The summed E-state index contributed by atoms with van der Waals surface area (Å²) in [4.78, 5) is 6.20. The van der Waals surface area contributed by atoms with Crippen molar-refractivity contribution in [3.63, 3.8) is 0 Å². The van der Waals surface area contributed by atoms with Crippen molar-refractivity contribution in [1.82, 2.24) is 9.97 Å². The predicted molar refractivity (Wildman–Crippen MR) is 70.7 cm³/mol. The topological polar surface area (TPSA) is 88.8 Å². The maximum atomic E-state index is 12.3. The number of aromatic nitrogens is 2. The Morgan fingerprint density at radius 3 is 2.44 bits per heavy atom. The van der Waals surface area contributed by atoms with E-state index in [0.29, 0.717) is 5.02 Å². The molecule has 1 aromatic heterocycles. The first-order valence-corrected chi connectivity index (χ1v) is 7.03. The van der Waals surface area contributed by atoms with Crippen molar-refractivity contribution in [2.45, 2.75) is 9.79 Å². The van der Waals surface area contributed by atoms with Crippen molar-refractivity contribution in [3.8, 4) is 0 Å². The summed E-state index contributed by atoms with van der Waals surface area (Å²) < 4.78 is 24.6. The van der Waals surface area contributed by atoms with Gasteiger partial charge in [-0.2, -0.15) is 0 Å². The SMILES string of the molecule is Nc1[nH]c(=S)ncc1S(=O)(=O)c1ccc(Cl)cc1. The summed E-state index contributed by atoms with van der Waals surface area (Å²) in [6.45, 7) is 0. The molecule has 3 N–H and O–H groups in total. The third-order valence-corrected chi connectivity index (χ3v) is 4.48. The van der Waals surface area contributed by atoms with Gasteiger partial charge < -0.3 is 10.7 Å². The van der Waals surface area contributed by atoms with Gasteiger partial charge in [0.15, 0.2) is 4.77 Å². The van der Waals surface area contributed by atoms with E-state index in [0.717, 1.165) is 6.20 Å². The number of hydrogen-bond acceptors (Lipinski definition) is 5. The van der Waals surface area contributed by atoms with E-state index in [1.807, 2.05) is 0 Å². The van der Waals surface area contributed by atoms with E-state index in [9.17, 15) is 8.42 Å². The van der Waals surface area contributed by atoms with E-state index in [-0.39, 0.29) is 20.4 Å². The van der Waals surface area contributed by atoms with Gasteiger partial charge in [0.05, 0.1) is 11.1 Å². The summed E-state index contributed by atoms with van der Waals surface area (Å²) in [5, 5.41) is 0.451. The molecular weight excluding hydrogens is 294 g/mol. The lowest BCUT2D eigenvalue weighted by atomic mass is 10.4. The number of nitrogens with two attached hydrogens (primary N) is 1. The van der Waals surface area contributed by atoms with Crippen molar-refractivity contribution < 1.29 is 8.42 Å². The zero-order chi connectivity index (χ0) is 13.3. The number of nitrogens with zero attached hydrogens (tertiary/aromatic N) is 1. The van der Waals surface area contributed by atoms with Crippen molar-refractivity contribution >= 4 is 39.5 Å². The van der Waals surface area contributed by atoms with E-state index in [2.05, 4.69) is 9.97 Å². The molecule has 2 aromatic rings. The van der Waals surface area contributed by atoms with Gasteiger partial charge in [-0.3, -0.25) is 0 Å². The minimum Gasteiger partial charge on any atom is -0.384 e. The zero-order valence-corrected chi connectivity index (χ0v) is 11.3. The fourth-order valence-corrected chi connectivity index (χ4v) is 2.92. The fourth-order valence-electron chi connectivity index (χ4n) is 1.35. The minimum atomic E-state index is -3.73. The molecule has 0 spiro atoms. The van der Waals surface area contributed by atoms with Gasteiger partial charge in [0.25, 0.3) is 0 Å². The molecule has 1 heterocycles. The Morgan fingerprint density at radius 2 is 1.89 bits per heavy atom. The van der Waals surface area contributed by atoms with Crippen LogP contribution < -0.4 is 5.73 Å². The number of nitrogen functional groups attached to an aromatic ring is 1. The molecule has 94 valence electrons. The van der Waals surface area contributed by atoms with Crippen molar-refractivity contribution in [2.24, 2.45) is 0 Å². The summed E-state index contributed by atoms with van der Waals surface area (Å²) in [5.41, 5.74) is 5.61. The van der Waals surface area contributed by atoms with Gasteiger partial charge in [-0.25, -0.2) is 13.4 Å². The molecule has 0 amide bonds. The summed E-state index contributed by atoms with van der Waals surface area (Å²) in [6, 6.07) is 5.78. The molecular formula is C10H8ClN3O2S2. The maximum Gasteiger partial charge on any atom is 0.211 e. The van der Waals surface area contributed by atoms with Crippen LogP contribution in [0.25, 0.3) is 0 Å². The quantitative estimate of drug-likeness (QED) is 0.830. The number of anilines is 1. The lowest BCUT2D eigenvalue weighted by molar-refractivity contribution is 0.595. The Bertz CT molecular complexity index is 738. The molecule has 0 atom stereocenters. The minimum absolute atomic E-state index is 0.0371. The van der Waals surface area contributed by atoms with E-state index in [1.165, 1.54) is 24.3 Å². The molecule has 0 unspecified atom stereocenters. The van der Waals surface area contributed by atoms with E-state index < -0.39 is 9.84 Å². The molecule has 0 bridgehead atoms. The third-order valence-electron chi connectivity index (χ3n) is 2.22. The molecule has 5 nitrogen and oxygen atoms in total. The standard InChI is InChI=1S/C10H8ClN3O2S2/c11-6-1-3-7(4-2-6)18(15,16)8-5-13-10(17)14-9(8)12/h1-5H,(H3,12,13,14,17). The van der Waals surface area contributed by atoms with Crippen LogP contribution in [0.15, 0.2) is 40.3 Å². The van der Waals surface area contributed by atoms with Gasteiger partial charge in [0, 0.05) is 5.02 Å². The normalized spacial score (nSPS) is 11.4. The first kappa shape index (κ1) is 13.0. The molecule has 2 rings (SSSR count). The van der Waals surface area contributed by atoms with Gasteiger partial charge >= 0.3 is 0 Å².